The number of fused-ring (bicyclic) bond motifs is 1. The summed E-state index contributed by atoms with van der Waals surface area (Å²) in [5.74, 6) is -0.737. The van der Waals surface area contributed by atoms with Crippen LogP contribution < -0.4 is 21.5 Å². The van der Waals surface area contributed by atoms with Gasteiger partial charge in [-0.3, -0.25) is 14.2 Å². The Morgan fingerprint density at radius 1 is 1.17 bits per heavy atom. The van der Waals surface area contributed by atoms with Crippen LogP contribution in [0.2, 0.25) is 0 Å². The van der Waals surface area contributed by atoms with E-state index in [2.05, 4.69) is 26.0 Å². The van der Waals surface area contributed by atoms with Crippen LogP contribution >= 0.6 is 0 Å². The fourth-order valence-electron chi connectivity index (χ4n) is 3.76. The maximum Gasteiger partial charge on any atom is 0.337 e. The smallest absolute Gasteiger partial charge is 0.337 e. The number of ether oxygens (including phenoxy) is 1. The third-order valence-electron chi connectivity index (χ3n) is 5.75. The average Bonchev–Trinajstić information content (AvgIpc) is 3.40. The zero-order chi connectivity index (χ0) is 25.4. The van der Waals surface area contributed by atoms with Crippen molar-refractivity contribution in [3.8, 4) is 5.69 Å². The molecule has 1 fully saturated rings. The molecule has 0 spiro atoms. The Bertz CT molecular complexity index is 1550. The number of imidazole rings is 1. The molecule has 184 valence electrons. The summed E-state index contributed by atoms with van der Waals surface area (Å²) in [5.41, 5.74) is 1.69. The first-order chi connectivity index (χ1) is 17.4. The van der Waals surface area contributed by atoms with Gasteiger partial charge >= 0.3 is 5.97 Å². The number of anilines is 3. The Morgan fingerprint density at radius 3 is 2.69 bits per heavy atom. The van der Waals surface area contributed by atoms with Crippen molar-refractivity contribution >= 4 is 34.7 Å². The Hall–Kier alpha value is -4.74. The number of methoxy groups -OCH3 is 1. The van der Waals surface area contributed by atoms with Crippen LogP contribution in [0.5, 0.6) is 0 Å². The summed E-state index contributed by atoms with van der Waals surface area (Å²) in [4.78, 5) is 42.0. The lowest BCUT2D eigenvalue weighted by atomic mass is 10.2. The number of amides is 1. The second-order valence-corrected chi connectivity index (χ2v) is 8.17. The molecule has 1 aliphatic carbocycles. The molecule has 2 atom stereocenters. The molecule has 0 aliphatic heterocycles. The van der Waals surface area contributed by atoms with E-state index in [0.29, 0.717) is 22.6 Å². The Labute approximate surface area is 203 Å². The first-order valence-electron chi connectivity index (χ1n) is 11.1. The number of nitrogens with one attached hydrogen (secondary N) is 3. The van der Waals surface area contributed by atoms with Gasteiger partial charge in [-0.15, -0.1) is 5.10 Å². The monoisotopic (exact) mass is 491 g/mol. The van der Waals surface area contributed by atoms with E-state index in [1.165, 1.54) is 22.4 Å². The molecular formula is C24H22FN7O4. The zero-order valence-electron chi connectivity index (χ0n) is 19.4. The van der Waals surface area contributed by atoms with E-state index in [1.54, 1.807) is 55.7 Å². The number of hydrogen-bond acceptors (Lipinski definition) is 8. The van der Waals surface area contributed by atoms with Gasteiger partial charge in [0.1, 0.15) is 11.9 Å². The Balaban J connectivity index is 1.50. The highest BCUT2D eigenvalue weighted by Crippen LogP contribution is 2.26. The fourth-order valence-corrected chi connectivity index (χ4v) is 3.76. The van der Waals surface area contributed by atoms with Crippen molar-refractivity contribution in [3.63, 3.8) is 0 Å². The molecule has 0 bridgehead atoms. The van der Waals surface area contributed by atoms with Crippen molar-refractivity contribution in [2.24, 2.45) is 0 Å². The van der Waals surface area contributed by atoms with Gasteiger partial charge in [0.2, 0.25) is 0 Å². The second-order valence-electron chi connectivity index (χ2n) is 8.17. The van der Waals surface area contributed by atoms with E-state index in [-0.39, 0.29) is 23.6 Å². The number of benzene rings is 1. The fraction of sp³-hybridized carbons (Fsp3) is 0.208. The summed E-state index contributed by atoms with van der Waals surface area (Å²) in [7, 11) is 2.98. The Morgan fingerprint density at radius 2 is 1.97 bits per heavy atom. The summed E-state index contributed by atoms with van der Waals surface area (Å²) in [6.45, 7) is 0. The van der Waals surface area contributed by atoms with Crippen LogP contribution in [0.15, 0.2) is 59.7 Å². The SMILES string of the molecule is CNc1cc(Nc2cccn(-c3cccc(C(=O)OC)c3)c2=O)nn2c(C(=O)N[C@@H]3C[C@@H]3F)cnc12. The van der Waals surface area contributed by atoms with E-state index in [1.807, 2.05) is 0 Å². The molecule has 3 heterocycles. The molecule has 0 saturated heterocycles. The van der Waals surface area contributed by atoms with Gasteiger partial charge in [0.15, 0.2) is 17.2 Å². The molecule has 4 aromatic rings. The van der Waals surface area contributed by atoms with Crippen LogP contribution in [0, 0.1) is 0 Å². The largest absolute Gasteiger partial charge is 0.465 e. The molecule has 0 radical (unpaired) electrons. The Kier molecular flexibility index (Phi) is 5.84. The lowest BCUT2D eigenvalue weighted by molar-refractivity contribution is 0.0600. The number of hydrogen-bond donors (Lipinski definition) is 3. The minimum atomic E-state index is -1.04. The van der Waals surface area contributed by atoms with E-state index >= 15 is 0 Å². The van der Waals surface area contributed by atoms with E-state index < -0.39 is 29.6 Å². The minimum absolute atomic E-state index is 0.134. The molecule has 0 unspecified atom stereocenters. The summed E-state index contributed by atoms with van der Waals surface area (Å²) in [5, 5.41) is 13.1. The van der Waals surface area contributed by atoms with Crippen molar-refractivity contribution in [2.45, 2.75) is 18.6 Å². The van der Waals surface area contributed by atoms with Crippen molar-refractivity contribution < 1.29 is 18.7 Å². The third kappa shape index (κ3) is 4.24. The van der Waals surface area contributed by atoms with E-state index in [4.69, 9.17) is 4.74 Å². The summed E-state index contributed by atoms with van der Waals surface area (Å²) in [6, 6.07) is 10.9. The molecule has 3 N–H and O–H groups in total. The molecule has 1 aliphatic rings. The normalized spacial score (nSPS) is 16.4. The number of pyridine rings is 1. The lowest BCUT2D eigenvalue weighted by Crippen LogP contribution is -2.28. The molecule has 1 aromatic carbocycles. The van der Waals surface area contributed by atoms with Gasteiger partial charge in [-0.2, -0.15) is 0 Å². The van der Waals surface area contributed by atoms with Crippen molar-refractivity contribution in [3.05, 3.63) is 76.5 Å². The van der Waals surface area contributed by atoms with Gasteiger partial charge in [-0.05, 0) is 30.3 Å². The molecule has 11 nitrogen and oxygen atoms in total. The molecule has 12 heteroatoms. The summed E-state index contributed by atoms with van der Waals surface area (Å²) in [6.07, 6.45) is 2.18. The topological polar surface area (TPSA) is 132 Å². The van der Waals surface area contributed by atoms with E-state index in [9.17, 15) is 18.8 Å². The van der Waals surface area contributed by atoms with Crippen LogP contribution in [-0.4, -0.2) is 57.4 Å². The van der Waals surface area contributed by atoms with Gasteiger partial charge in [0.25, 0.3) is 11.5 Å². The quantitative estimate of drug-likeness (QED) is 0.336. The summed E-state index contributed by atoms with van der Waals surface area (Å²) < 4.78 is 20.7. The number of rotatable bonds is 7. The number of aromatic nitrogens is 4. The molecule has 5 rings (SSSR count). The average molecular weight is 491 g/mol. The van der Waals surface area contributed by atoms with Gasteiger partial charge in [0, 0.05) is 31.4 Å². The highest BCUT2D eigenvalue weighted by molar-refractivity contribution is 5.94. The summed E-state index contributed by atoms with van der Waals surface area (Å²) >= 11 is 0. The number of halogens is 1. The maximum absolute atomic E-state index is 13.3. The number of nitrogens with zero attached hydrogens (tertiary/aromatic N) is 4. The van der Waals surface area contributed by atoms with Crippen LogP contribution in [0.4, 0.5) is 21.6 Å². The van der Waals surface area contributed by atoms with Crippen LogP contribution in [0.25, 0.3) is 11.3 Å². The second kappa shape index (κ2) is 9.13. The zero-order valence-corrected chi connectivity index (χ0v) is 19.4. The lowest BCUT2D eigenvalue weighted by Gasteiger charge is -2.12. The van der Waals surface area contributed by atoms with Crippen LogP contribution in [0.1, 0.15) is 27.3 Å². The van der Waals surface area contributed by atoms with Crippen molar-refractivity contribution in [1.29, 1.82) is 0 Å². The van der Waals surface area contributed by atoms with Gasteiger partial charge in [-0.25, -0.2) is 18.7 Å². The van der Waals surface area contributed by atoms with Gasteiger partial charge in [0.05, 0.1) is 30.6 Å². The number of carbonyl (C=O) groups is 2. The molecule has 1 amide bonds. The molecule has 1 saturated carbocycles. The predicted molar refractivity (Wildman–Crippen MR) is 130 cm³/mol. The van der Waals surface area contributed by atoms with Crippen LogP contribution in [-0.2, 0) is 4.74 Å². The highest BCUT2D eigenvalue weighted by Gasteiger charge is 2.39. The first kappa shape index (κ1) is 23.0. The van der Waals surface area contributed by atoms with Crippen molar-refractivity contribution in [2.75, 3.05) is 24.8 Å². The molecule has 36 heavy (non-hydrogen) atoms. The number of esters is 1. The minimum Gasteiger partial charge on any atom is -0.465 e. The molecule has 3 aromatic heterocycles. The van der Waals surface area contributed by atoms with Crippen molar-refractivity contribution in [1.82, 2.24) is 24.5 Å². The molecular weight excluding hydrogens is 469 g/mol. The van der Waals surface area contributed by atoms with Gasteiger partial charge in [-0.1, -0.05) is 6.07 Å². The highest BCUT2D eigenvalue weighted by atomic mass is 19.1. The number of carbonyl (C=O) groups excluding carboxylic acids is 2. The first-order valence-corrected chi connectivity index (χ1v) is 11.1. The maximum atomic E-state index is 13.3. The predicted octanol–water partition coefficient (Wildman–Crippen LogP) is 2.29. The standard InChI is InChI=1S/C24H22FN7O4/c1-26-18-11-20(30-32-19(12-27-21(18)32)22(33)29-17-10-15(17)25)28-16-7-4-8-31(23(16)34)14-6-3-5-13(9-14)24(35)36-2/h3-9,11-12,15,17,26H,10H2,1-2H3,(H,28,30)(H,29,33)/t15-,17+/m0/s1. The van der Waals surface area contributed by atoms with E-state index in [0.717, 1.165) is 0 Å². The van der Waals surface area contributed by atoms with Crippen LogP contribution in [0.3, 0.4) is 0 Å². The van der Waals surface area contributed by atoms with Gasteiger partial charge < -0.3 is 20.7 Å². The third-order valence-corrected chi connectivity index (χ3v) is 5.75. The number of alkyl halides is 1.